The molecule has 0 spiro atoms. The molecule has 0 radical (unpaired) electrons. The standard InChI is InChI=1S/C79H154O17P2/c1-8-12-13-14-15-16-17-18-19-20-24-27-30-39-46-53-60-76(81)89-66-74(95-78(83)62-55-48-41-31-28-25-22-21-23-26-29-36-43-50-57-70(5)9-2)68-93-97(85,86)91-64-73(80)65-92-98(87,88)94-69-75(96-79(84)63-56-49-42-35-33-38-45-52-59-72(7)11-4)67-90-77(82)61-54-47-40-34-32-37-44-51-58-71(6)10-3/h70-75,80H,8-69H2,1-7H3,(H,85,86)(H,87,88)/t70?,71?,72?,73-,74-,75-/m1/s1. The molecule has 0 saturated heterocycles. The summed E-state index contributed by atoms with van der Waals surface area (Å²) in [6, 6.07) is 0. The van der Waals surface area contributed by atoms with Gasteiger partial charge in [0, 0.05) is 25.7 Å². The summed E-state index contributed by atoms with van der Waals surface area (Å²) in [5.74, 6) is 0.278. The van der Waals surface area contributed by atoms with Crippen LogP contribution in [0.4, 0.5) is 0 Å². The average molecular weight is 1440 g/mol. The van der Waals surface area contributed by atoms with Crippen LogP contribution >= 0.6 is 15.6 Å². The normalized spacial score (nSPS) is 14.8. The largest absolute Gasteiger partial charge is 0.472 e. The quantitative estimate of drug-likeness (QED) is 0.0222. The van der Waals surface area contributed by atoms with E-state index in [1.54, 1.807) is 0 Å². The lowest BCUT2D eigenvalue weighted by Gasteiger charge is -2.21. The Morgan fingerprint density at radius 2 is 0.490 bits per heavy atom. The summed E-state index contributed by atoms with van der Waals surface area (Å²) in [5.41, 5.74) is 0. The molecule has 0 rings (SSSR count). The predicted octanol–water partition coefficient (Wildman–Crippen LogP) is 23.4. The van der Waals surface area contributed by atoms with Gasteiger partial charge in [0.25, 0.3) is 0 Å². The maximum atomic E-state index is 13.1. The van der Waals surface area contributed by atoms with E-state index < -0.39 is 97.5 Å². The van der Waals surface area contributed by atoms with E-state index in [0.29, 0.717) is 25.7 Å². The maximum absolute atomic E-state index is 13.1. The number of aliphatic hydroxyl groups excluding tert-OH is 1. The number of hydrogen-bond acceptors (Lipinski definition) is 15. The number of aliphatic hydroxyl groups is 1. The molecule has 0 amide bonds. The van der Waals surface area contributed by atoms with Gasteiger partial charge in [-0.25, -0.2) is 9.13 Å². The molecule has 0 aliphatic rings. The minimum atomic E-state index is -4.96. The fourth-order valence-corrected chi connectivity index (χ4v) is 13.6. The van der Waals surface area contributed by atoms with Crippen molar-refractivity contribution in [3.63, 3.8) is 0 Å². The second-order valence-corrected chi connectivity index (χ2v) is 32.1. The van der Waals surface area contributed by atoms with E-state index in [9.17, 15) is 43.2 Å². The first-order valence-electron chi connectivity index (χ1n) is 41.0. The number of phosphoric ester groups is 2. The zero-order valence-electron chi connectivity index (χ0n) is 64.3. The molecular formula is C79H154O17P2. The molecule has 0 aromatic heterocycles. The molecule has 0 fully saturated rings. The lowest BCUT2D eigenvalue weighted by molar-refractivity contribution is -0.161. The number of phosphoric acid groups is 2. The Labute approximate surface area is 600 Å². The van der Waals surface area contributed by atoms with E-state index in [1.165, 1.54) is 218 Å². The van der Waals surface area contributed by atoms with Crippen molar-refractivity contribution < 1.29 is 80.2 Å². The number of ether oxygens (including phenoxy) is 4. The lowest BCUT2D eigenvalue weighted by atomic mass is 9.99. The Balaban J connectivity index is 5.27. The number of carbonyl (C=O) groups is 4. The van der Waals surface area contributed by atoms with Crippen LogP contribution in [0.3, 0.4) is 0 Å². The van der Waals surface area contributed by atoms with Crippen molar-refractivity contribution in [3.8, 4) is 0 Å². The second-order valence-electron chi connectivity index (χ2n) is 29.2. The van der Waals surface area contributed by atoms with Crippen molar-refractivity contribution >= 4 is 39.5 Å². The average Bonchev–Trinajstić information content (AvgIpc) is 1.02. The molecule has 0 heterocycles. The summed E-state index contributed by atoms with van der Waals surface area (Å²) in [6.07, 6.45) is 56.7. The van der Waals surface area contributed by atoms with Gasteiger partial charge in [-0.15, -0.1) is 0 Å². The van der Waals surface area contributed by atoms with Crippen LogP contribution in [0.2, 0.25) is 0 Å². The van der Waals surface area contributed by atoms with Crippen molar-refractivity contribution in [1.29, 1.82) is 0 Å². The van der Waals surface area contributed by atoms with Gasteiger partial charge in [0.05, 0.1) is 26.4 Å². The second kappa shape index (κ2) is 69.4. The highest BCUT2D eigenvalue weighted by atomic mass is 31.2. The Morgan fingerprint density at radius 3 is 0.724 bits per heavy atom. The van der Waals surface area contributed by atoms with Crippen LogP contribution < -0.4 is 0 Å². The van der Waals surface area contributed by atoms with Crippen LogP contribution in [-0.2, 0) is 65.4 Å². The fraction of sp³-hybridized carbons (Fsp3) is 0.949. The minimum absolute atomic E-state index is 0.105. The van der Waals surface area contributed by atoms with Crippen LogP contribution in [0.25, 0.3) is 0 Å². The first kappa shape index (κ1) is 96.1. The Kier molecular flexibility index (Phi) is 68.1. The minimum Gasteiger partial charge on any atom is -0.462 e. The summed E-state index contributed by atoms with van der Waals surface area (Å²) in [4.78, 5) is 73.0. The van der Waals surface area contributed by atoms with Gasteiger partial charge >= 0.3 is 39.5 Å². The van der Waals surface area contributed by atoms with Gasteiger partial charge in [-0.2, -0.15) is 0 Å². The summed E-state index contributed by atoms with van der Waals surface area (Å²) in [6.45, 7) is 12.0. The molecule has 582 valence electrons. The molecule has 8 atom stereocenters. The van der Waals surface area contributed by atoms with E-state index in [2.05, 4.69) is 48.5 Å². The summed E-state index contributed by atoms with van der Waals surface area (Å²) >= 11 is 0. The van der Waals surface area contributed by atoms with Crippen LogP contribution in [0.15, 0.2) is 0 Å². The molecule has 5 unspecified atom stereocenters. The molecule has 98 heavy (non-hydrogen) atoms. The van der Waals surface area contributed by atoms with E-state index >= 15 is 0 Å². The summed E-state index contributed by atoms with van der Waals surface area (Å²) < 4.78 is 68.7. The summed E-state index contributed by atoms with van der Waals surface area (Å²) in [7, 11) is -9.92. The molecule has 19 heteroatoms. The van der Waals surface area contributed by atoms with Crippen molar-refractivity contribution in [3.05, 3.63) is 0 Å². The lowest BCUT2D eigenvalue weighted by Crippen LogP contribution is -2.30. The van der Waals surface area contributed by atoms with Gasteiger partial charge in [0.2, 0.25) is 0 Å². The highest BCUT2D eigenvalue weighted by Crippen LogP contribution is 2.45. The third-order valence-electron chi connectivity index (χ3n) is 19.5. The smallest absolute Gasteiger partial charge is 0.462 e. The van der Waals surface area contributed by atoms with E-state index in [-0.39, 0.29) is 25.7 Å². The van der Waals surface area contributed by atoms with E-state index in [0.717, 1.165) is 108 Å². The van der Waals surface area contributed by atoms with Gasteiger partial charge in [0.1, 0.15) is 19.3 Å². The van der Waals surface area contributed by atoms with Crippen LogP contribution in [-0.4, -0.2) is 96.7 Å². The molecule has 17 nitrogen and oxygen atoms in total. The van der Waals surface area contributed by atoms with Gasteiger partial charge in [-0.3, -0.25) is 37.3 Å². The molecule has 3 N–H and O–H groups in total. The monoisotopic (exact) mass is 1440 g/mol. The van der Waals surface area contributed by atoms with Gasteiger partial charge in [-0.1, -0.05) is 357 Å². The van der Waals surface area contributed by atoms with Crippen LogP contribution in [0, 0.1) is 17.8 Å². The Morgan fingerprint density at radius 1 is 0.286 bits per heavy atom. The van der Waals surface area contributed by atoms with Crippen LogP contribution in [0.1, 0.15) is 408 Å². The fourth-order valence-electron chi connectivity index (χ4n) is 12.0. The van der Waals surface area contributed by atoms with E-state index in [4.69, 9.17) is 37.0 Å². The van der Waals surface area contributed by atoms with Crippen molar-refractivity contribution in [2.24, 2.45) is 17.8 Å². The summed E-state index contributed by atoms with van der Waals surface area (Å²) in [5, 5.41) is 10.6. The Bertz CT molecular complexity index is 1910. The maximum Gasteiger partial charge on any atom is 0.472 e. The number of carbonyl (C=O) groups excluding carboxylic acids is 4. The molecule has 0 aliphatic carbocycles. The first-order valence-corrected chi connectivity index (χ1v) is 44.0. The number of hydrogen-bond donors (Lipinski definition) is 3. The Hall–Kier alpha value is -1.94. The first-order chi connectivity index (χ1) is 47.3. The molecule has 0 aromatic rings. The molecule has 0 saturated carbocycles. The van der Waals surface area contributed by atoms with Gasteiger partial charge in [-0.05, 0) is 43.4 Å². The SMILES string of the molecule is CCCCCCCCCCCCCCCCCCC(=O)OC[C@H](COP(=O)(O)OC[C@@H](O)COP(=O)(O)OC[C@@H](COC(=O)CCCCCCCCCCC(C)CC)OC(=O)CCCCCCCCCCC(C)CC)OC(=O)CCCCCCCCCCCCCCCCC(C)CC. The van der Waals surface area contributed by atoms with Crippen molar-refractivity contribution in [2.45, 2.75) is 426 Å². The highest BCUT2D eigenvalue weighted by molar-refractivity contribution is 7.47. The zero-order chi connectivity index (χ0) is 72.3. The topological polar surface area (TPSA) is 237 Å². The van der Waals surface area contributed by atoms with E-state index in [1.807, 2.05) is 0 Å². The number of unbranched alkanes of at least 4 members (excludes halogenated alkanes) is 42. The third kappa shape index (κ3) is 68.5. The predicted molar refractivity (Wildman–Crippen MR) is 400 cm³/mol. The van der Waals surface area contributed by atoms with Crippen LogP contribution in [0.5, 0.6) is 0 Å². The van der Waals surface area contributed by atoms with Crippen molar-refractivity contribution in [2.75, 3.05) is 39.6 Å². The highest BCUT2D eigenvalue weighted by Gasteiger charge is 2.30. The molecular weight excluding hydrogens is 1280 g/mol. The molecule has 0 aliphatic heterocycles. The van der Waals surface area contributed by atoms with Crippen molar-refractivity contribution in [1.82, 2.24) is 0 Å². The van der Waals surface area contributed by atoms with Gasteiger partial charge < -0.3 is 33.8 Å². The molecule has 0 aromatic carbocycles. The number of esters is 4. The zero-order valence-corrected chi connectivity index (χ0v) is 66.0. The number of rotatable bonds is 77. The third-order valence-corrected chi connectivity index (χ3v) is 21.4. The van der Waals surface area contributed by atoms with Gasteiger partial charge in [0.15, 0.2) is 12.2 Å². The molecule has 0 bridgehead atoms.